The SMILES string of the molecule is CC1CN(c2sccc2[N+](=O)[O-])Cc2ccccc2O1. The van der Waals surface area contributed by atoms with Gasteiger partial charge in [0.2, 0.25) is 0 Å². The zero-order chi connectivity index (χ0) is 14.1. The normalized spacial score (nSPS) is 18.1. The van der Waals surface area contributed by atoms with Crippen molar-refractivity contribution in [2.75, 3.05) is 11.4 Å². The number of anilines is 1. The molecule has 0 spiro atoms. The van der Waals surface area contributed by atoms with Crippen molar-refractivity contribution < 1.29 is 9.66 Å². The van der Waals surface area contributed by atoms with Crippen molar-refractivity contribution in [3.05, 3.63) is 51.4 Å². The van der Waals surface area contributed by atoms with Crippen molar-refractivity contribution in [1.82, 2.24) is 0 Å². The smallest absolute Gasteiger partial charge is 0.303 e. The highest BCUT2D eigenvalue weighted by atomic mass is 32.1. The molecule has 104 valence electrons. The van der Waals surface area contributed by atoms with Crippen LogP contribution in [-0.4, -0.2) is 17.6 Å². The van der Waals surface area contributed by atoms with Crippen LogP contribution >= 0.6 is 11.3 Å². The van der Waals surface area contributed by atoms with Crippen LogP contribution in [-0.2, 0) is 6.54 Å². The van der Waals surface area contributed by atoms with Gasteiger partial charge >= 0.3 is 5.69 Å². The van der Waals surface area contributed by atoms with Crippen molar-refractivity contribution in [3.63, 3.8) is 0 Å². The predicted octanol–water partition coefficient (Wildman–Crippen LogP) is 3.44. The van der Waals surface area contributed by atoms with E-state index in [1.54, 1.807) is 11.4 Å². The number of rotatable bonds is 2. The Morgan fingerprint density at radius 2 is 2.20 bits per heavy atom. The Kier molecular flexibility index (Phi) is 3.31. The first-order valence-electron chi connectivity index (χ1n) is 6.36. The number of hydrogen-bond donors (Lipinski definition) is 0. The van der Waals surface area contributed by atoms with Crippen LogP contribution in [0.1, 0.15) is 12.5 Å². The highest BCUT2D eigenvalue weighted by Crippen LogP contribution is 2.37. The van der Waals surface area contributed by atoms with Crippen LogP contribution in [0.5, 0.6) is 5.75 Å². The molecule has 6 heteroatoms. The quantitative estimate of drug-likeness (QED) is 0.628. The van der Waals surface area contributed by atoms with E-state index in [-0.39, 0.29) is 16.7 Å². The van der Waals surface area contributed by atoms with Gasteiger partial charge in [0, 0.05) is 18.2 Å². The zero-order valence-corrected chi connectivity index (χ0v) is 11.8. The summed E-state index contributed by atoms with van der Waals surface area (Å²) in [5, 5.41) is 13.5. The zero-order valence-electron chi connectivity index (χ0n) is 11.0. The molecule has 0 aliphatic carbocycles. The van der Waals surface area contributed by atoms with Gasteiger partial charge in [-0.1, -0.05) is 18.2 Å². The molecule has 2 heterocycles. The van der Waals surface area contributed by atoms with Crippen molar-refractivity contribution in [1.29, 1.82) is 0 Å². The molecule has 20 heavy (non-hydrogen) atoms. The lowest BCUT2D eigenvalue weighted by atomic mass is 10.2. The molecule has 2 aromatic rings. The Hall–Kier alpha value is -2.08. The lowest BCUT2D eigenvalue weighted by Crippen LogP contribution is -2.30. The molecule has 1 aliphatic rings. The van der Waals surface area contributed by atoms with Gasteiger partial charge in [0.15, 0.2) is 5.00 Å². The van der Waals surface area contributed by atoms with Gasteiger partial charge in [-0.15, -0.1) is 11.3 Å². The maximum absolute atomic E-state index is 11.1. The summed E-state index contributed by atoms with van der Waals surface area (Å²) in [6, 6.07) is 9.40. The molecule has 0 N–H and O–H groups in total. The maximum Gasteiger partial charge on any atom is 0.303 e. The standard InChI is InChI=1S/C14H14N2O3S/c1-10-8-15(14-12(16(17)18)6-7-20-14)9-11-4-2-3-5-13(11)19-10/h2-7,10H,8-9H2,1H3. The summed E-state index contributed by atoms with van der Waals surface area (Å²) in [5.74, 6) is 0.863. The topological polar surface area (TPSA) is 55.6 Å². The number of nitrogens with zero attached hydrogens (tertiary/aromatic N) is 2. The average molecular weight is 290 g/mol. The minimum atomic E-state index is -0.325. The Balaban J connectivity index is 1.98. The lowest BCUT2D eigenvalue weighted by molar-refractivity contribution is -0.383. The molecule has 0 radical (unpaired) electrons. The van der Waals surface area contributed by atoms with Gasteiger partial charge in [-0.3, -0.25) is 10.1 Å². The molecule has 1 unspecified atom stereocenters. The summed E-state index contributed by atoms with van der Waals surface area (Å²) in [5.41, 5.74) is 1.22. The number of nitro groups is 1. The molecule has 0 saturated carbocycles. The fourth-order valence-corrected chi connectivity index (χ4v) is 3.29. The molecule has 1 atom stereocenters. The highest BCUT2D eigenvalue weighted by molar-refractivity contribution is 7.14. The van der Waals surface area contributed by atoms with Gasteiger partial charge in [0.05, 0.1) is 11.5 Å². The van der Waals surface area contributed by atoms with Gasteiger partial charge in [-0.2, -0.15) is 0 Å². The molecule has 0 fully saturated rings. The van der Waals surface area contributed by atoms with Crippen molar-refractivity contribution >= 4 is 22.0 Å². The van der Waals surface area contributed by atoms with E-state index in [0.29, 0.717) is 18.1 Å². The minimum absolute atomic E-state index is 0.0136. The lowest BCUT2D eigenvalue weighted by Gasteiger charge is -2.21. The molecule has 0 amide bonds. The number of hydrogen-bond acceptors (Lipinski definition) is 5. The second-order valence-corrected chi connectivity index (χ2v) is 5.68. The Bertz CT molecular complexity index is 641. The van der Waals surface area contributed by atoms with Crippen LogP contribution in [0.4, 0.5) is 10.7 Å². The number of para-hydroxylation sites is 1. The molecule has 1 aromatic carbocycles. The van der Waals surface area contributed by atoms with E-state index in [1.165, 1.54) is 11.3 Å². The van der Waals surface area contributed by atoms with Gasteiger partial charge in [0.25, 0.3) is 0 Å². The van der Waals surface area contributed by atoms with Crippen LogP contribution in [0, 0.1) is 10.1 Å². The van der Waals surface area contributed by atoms with Crippen LogP contribution in [0.2, 0.25) is 0 Å². The van der Waals surface area contributed by atoms with Gasteiger partial charge in [0.1, 0.15) is 11.9 Å². The first kappa shape index (κ1) is 12.9. The molecule has 1 aliphatic heterocycles. The number of thiophene rings is 1. The van der Waals surface area contributed by atoms with E-state index < -0.39 is 0 Å². The van der Waals surface area contributed by atoms with E-state index in [0.717, 1.165) is 11.3 Å². The first-order valence-corrected chi connectivity index (χ1v) is 7.24. The molecule has 3 rings (SSSR count). The maximum atomic E-state index is 11.1. The van der Waals surface area contributed by atoms with Crippen LogP contribution in [0.15, 0.2) is 35.7 Å². The Morgan fingerprint density at radius 3 is 3.00 bits per heavy atom. The van der Waals surface area contributed by atoms with E-state index >= 15 is 0 Å². The monoisotopic (exact) mass is 290 g/mol. The van der Waals surface area contributed by atoms with E-state index in [4.69, 9.17) is 4.74 Å². The summed E-state index contributed by atoms with van der Waals surface area (Å²) >= 11 is 1.40. The van der Waals surface area contributed by atoms with E-state index in [9.17, 15) is 10.1 Å². The third kappa shape index (κ3) is 2.34. The van der Waals surface area contributed by atoms with Crippen LogP contribution in [0.25, 0.3) is 0 Å². The van der Waals surface area contributed by atoms with Gasteiger partial charge < -0.3 is 9.64 Å². The summed E-state index contributed by atoms with van der Waals surface area (Å²) in [6.07, 6.45) is -0.0136. The van der Waals surface area contributed by atoms with Gasteiger partial charge in [-0.25, -0.2) is 0 Å². The van der Waals surface area contributed by atoms with E-state index in [1.807, 2.05) is 36.1 Å². The molecular weight excluding hydrogens is 276 g/mol. The van der Waals surface area contributed by atoms with Crippen molar-refractivity contribution in [3.8, 4) is 5.75 Å². The molecule has 0 bridgehead atoms. The summed E-state index contributed by atoms with van der Waals surface area (Å²) in [7, 11) is 0. The van der Waals surface area contributed by atoms with Crippen molar-refractivity contribution in [2.24, 2.45) is 0 Å². The molecular formula is C14H14N2O3S. The molecule has 5 nitrogen and oxygen atoms in total. The third-order valence-electron chi connectivity index (χ3n) is 3.25. The predicted molar refractivity (Wildman–Crippen MR) is 78.6 cm³/mol. The van der Waals surface area contributed by atoms with E-state index in [2.05, 4.69) is 0 Å². The number of ether oxygens (including phenoxy) is 1. The Labute approximate surface area is 120 Å². The summed E-state index contributed by atoms with van der Waals surface area (Å²) in [4.78, 5) is 12.8. The highest BCUT2D eigenvalue weighted by Gasteiger charge is 2.26. The molecule has 0 saturated heterocycles. The fraction of sp³-hybridized carbons (Fsp3) is 0.286. The third-order valence-corrected chi connectivity index (χ3v) is 4.21. The summed E-state index contributed by atoms with van der Waals surface area (Å²) < 4.78 is 5.88. The second kappa shape index (κ2) is 5.13. The van der Waals surface area contributed by atoms with Crippen LogP contribution in [0.3, 0.4) is 0 Å². The Morgan fingerprint density at radius 1 is 1.40 bits per heavy atom. The minimum Gasteiger partial charge on any atom is -0.489 e. The number of benzene rings is 1. The summed E-state index contributed by atoms with van der Waals surface area (Å²) in [6.45, 7) is 3.24. The largest absolute Gasteiger partial charge is 0.489 e. The molecule has 1 aromatic heterocycles. The average Bonchev–Trinajstić information content (AvgIpc) is 2.83. The fourth-order valence-electron chi connectivity index (χ4n) is 2.41. The number of fused-ring (bicyclic) bond motifs is 1. The van der Waals surface area contributed by atoms with Crippen LogP contribution < -0.4 is 9.64 Å². The second-order valence-electron chi connectivity index (χ2n) is 4.78. The van der Waals surface area contributed by atoms with Crippen molar-refractivity contribution in [2.45, 2.75) is 19.6 Å². The van der Waals surface area contributed by atoms with Gasteiger partial charge in [-0.05, 0) is 18.4 Å². The first-order chi connectivity index (χ1) is 9.65.